The third-order valence-electron chi connectivity index (χ3n) is 2.61. The molecule has 16 heavy (non-hydrogen) atoms. The van der Waals surface area contributed by atoms with Crippen LogP contribution in [0.15, 0.2) is 18.2 Å². The van der Waals surface area contributed by atoms with E-state index in [2.05, 4.69) is 4.74 Å². The van der Waals surface area contributed by atoms with Crippen LogP contribution >= 0.6 is 0 Å². The van der Waals surface area contributed by atoms with Crippen molar-refractivity contribution in [2.75, 3.05) is 13.7 Å². The van der Waals surface area contributed by atoms with Gasteiger partial charge in [-0.3, -0.25) is 4.79 Å². The summed E-state index contributed by atoms with van der Waals surface area (Å²) in [5, 5.41) is 0. The predicted molar refractivity (Wildman–Crippen MR) is 59.6 cm³/mol. The Balaban J connectivity index is 2.94. The van der Waals surface area contributed by atoms with Crippen molar-refractivity contribution in [3.8, 4) is 0 Å². The van der Waals surface area contributed by atoms with Crippen LogP contribution in [0.3, 0.4) is 0 Å². The van der Waals surface area contributed by atoms with E-state index in [4.69, 9.17) is 5.73 Å². The van der Waals surface area contributed by atoms with Gasteiger partial charge in [0, 0.05) is 5.92 Å². The van der Waals surface area contributed by atoms with Crippen molar-refractivity contribution in [3.05, 3.63) is 35.1 Å². The predicted octanol–water partition coefficient (Wildman–Crippen LogP) is 1.74. The average Bonchev–Trinajstić information content (AvgIpc) is 2.29. The zero-order valence-corrected chi connectivity index (χ0v) is 9.50. The molecule has 1 atom stereocenters. The first kappa shape index (κ1) is 12.6. The van der Waals surface area contributed by atoms with Crippen LogP contribution in [0, 0.1) is 12.7 Å². The van der Waals surface area contributed by atoms with E-state index in [1.54, 1.807) is 6.07 Å². The van der Waals surface area contributed by atoms with E-state index in [1.165, 1.54) is 19.2 Å². The number of hydrogen-bond donors (Lipinski definition) is 1. The first-order valence-electron chi connectivity index (χ1n) is 5.11. The monoisotopic (exact) mass is 225 g/mol. The highest BCUT2D eigenvalue weighted by Gasteiger charge is 2.17. The molecule has 2 N–H and O–H groups in total. The minimum Gasteiger partial charge on any atom is -0.469 e. The molecule has 1 unspecified atom stereocenters. The number of esters is 1. The van der Waals surface area contributed by atoms with Crippen molar-refractivity contribution in [3.63, 3.8) is 0 Å². The molecule has 1 aromatic carbocycles. The van der Waals surface area contributed by atoms with Crippen molar-refractivity contribution in [2.45, 2.75) is 19.3 Å². The normalized spacial score (nSPS) is 12.2. The summed E-state index contributed by atoms with van der Waals surface area (Å²) in [5.74, 6) is -0.842. The molecule has 0 saturated heterocycles. The lowest BCUT2D eigenvalue weighted by Crippen LogP contribution is -2.18. The summed E-state index contributed by atoms with van der Waals surface area (Å²) in [5.41, 5.74) is 7.30. The quantitative estimate of drug-likeness (QED) is 0.794. The molecule has 0 radical (unpaired) electrons. The highest BCUT2D eigenvalue weighted by molar-refractivity contribution is 5.70. The second-order valence-electron chi connectivity index (χ2n) is 3.71. The molecule has 0 bridgehead atoms. The van der Waals surface area contributed by atoms with Crippen LogP contribution in [0.1, 0.15) is 23.5 Å². The number of aryl methyl sites for hydroxylation is 1. The second-order valence-corrected chi connectivity index (χ2v) is 3.71. The molecule has 0 fully saturated rings. The van der Waals surface area contributed by atoms with Gasteiger partial charge in [-0.25, -0.2) is 4.39 Å². The Bertz CT molecular complexity index is 379. The lowest BCUT2D eigenvalue weighted by molar-refractivity contribution is -0.141. The van der Waals surface area contributed by atoms with E-state index in [1.807, 2.05) is 6.92 Å². The number of hydrogen-bond acceptors (Lipinski definition) is 3. The maximum absolute atomic E-state index is 13.1. The van der Waals surface area contributed by atoms with Gasteiger partial charge < -0.3 is 10.5 Å². The van der Waals surface area contributed by atoms with E-state index in [0.717, 1.165) is 11.1 Å². The number of carbonyl (C=O) groups excluding carboxylic acids is 1. The highest BCUT2D eigenvalue weighted by atomic mass is 19.1. The van der Waals surface area contributed by atoms with Crippen molar-refractivity contribution in [2.24, 2.45) is 5.73 Å². The fourth-order valence-electron chi connectivity index (χ4n) is 1.66. The number of rotatable bonds is 4. The minimum atomic E-state index is -0.334. The Hall–Kier alpha value is -1.42. The number of nitrogens with two attached hydrogens (primary N) is 1. The smallest absolute Gasteiger partial charge is 0.306 e. The summed E-state index contributed by atoms with van der Waals surface area (Å²) in [6, 6.07) is 4.50. The molecule has 1 rings (SSSR count). The van der Waals surface area contributed by atoms with Crippen LogP contribution < -0.4 is 5.73 Å². The number of methoxy groups -OCH3 is 1. The van der Waals surface area contributed by atoms with Gasteiger partial charge in [-0.1, -0.05) is 6.07 Å². The van der Waals surface area contributed by atoms with Crippen molar-refractivity contribution in [1.82, 2.24) is 0 Å². The number of carbonyl (C=O) groups is 1. The zero-order chi connectivity index (χ0) is 12.1. The Morgan fingerprint density at radius 1 is 1.56 bits per heavy atom. The van der Waals surface area contributed by atoms with Gasteiger partial charge in [0.2, 0.25) is 0 Å². The largest absolute Gasteiger partial charge is 0.469 e. The summed E-state index contributed by atoms with van der Waals surface area (Å²) in [6.45, 7) is 2.16. The molecule has 0 aliphatic heterocycles. The number of benzene rings is 1. The average molecular weight is 225 g/mol. The minimum absolute atomic E-state index is 0.178. The molecule has 4 heteroatoms. The fraction of sp³-hybridized carbons (Fsp3) is 0.417. The van der Waals surface area contributed by atoms with Crippen LogP contribution in [0.5, 0.6) is 0 Å². The van der Waals surface area contributed by atoms with Crippen LogP contribution in [-0.4, -0.2) is 19.6 Å². The van der Waals surface area contributed by atoms with Gasteiger partial charge >= 0.3 is 5.97 Å². The molecule has 0 aliphatic carbocycles. The number of ether oxygens (including phenoxy) is 1. The molecule has 88 valence electrons. The van der Waals surface area contributed by atoms with Gasteiger partial charge in [0.05, 0.1) is 13.5 Å². The van der Waals surface area contributed by atoms with Crippen molar-refractivity contribution in [1.29, 1.82) is 0 Å². The molecule has 0 amide bonds. The first-order valence-corrected chi connectivity index (χ1v) is 5.11. The Morgan fingerprint density at radius 3 is 2.81 bits per heavy atom. The van der Waals surface area contributed by atoms with Crippen LogP contribution in [-0.2, 0) is 9.53 Å². The van der Waals surface area contributed by atoms with E-state index in [9.17, 15) is 9.18 Å². The number of halogens is 1. The standard InChI is InChI=1S/C12H16FNO2/c1-8-3-4-10(13)6-11(8)9(7-14)5-12(15)16-2/h3-4,6,9H,5,7,14H2,1-2H3. The van der Waals surface area contributed by atoms with Crippen LogP contribution in [0.2, 0.25) is 0 Å². The highest BCUT2D eigenvalue weighted by Crippen LogP contribution is 2.23. The van der Waals surface area contributed by atoms with E-state index in [0.29, 0.717) is 6.54 Å². The van der Waals surface area contributed by atoms with E-state index in [-0.39, 0.29) is 24.1 Å². The van der Waals surface area contributed by atoms with E-state index < -0.39 is 0 Å². The van der Waals surface area contributed by atoms with Gasteiger partial charge in [-0.05, 0) is 36.7 Å². The van der Waals surface area contributed by atoms with Crippen LogP contribution in [0.25, 0.3) is 0 Å². The SMILES string of the molecule is COC(=O)CC(CN)c1cc(F)ccc1C. The Labute approximate surface area is 94.4 Å². The van der Waals surface area contributed by atoms with E-state index >= 15 is 0 Å². The summed E-state index contributed by atoms with van der Waals surface area (Å²) >= 11 is 0. The van der Waals surface area contributed by atoms with Gasteiger partial charge in [0.25, 0.3) is 0 Å². The third-order valence-corrected chi connectivity index (χ3v) is 2.61. The Morgan fingerprint density at radius 2 is 2.25 bits per heavy atom. The van der Waals surface area contributed by atoms with Crippen molar-refractivity contribution < 1.29 is 13.9 Å². The zero-order valence-electron chi connectivity index (χ0n) is 9.50. The molecule has 0 aromatic heterocycles. The first-order chi connectivity index (χ1) is 7.58. The fourth-order valence-corrected chi connectivity index (χ4v) is 1.66. The molecular formula is C12H16FNO2. The maximum atomic E-state index is 13.1. The molecule has 0 aliphatic rings. The summed E-state index contributed by atoms with van der Waals surface area (Å²) in [7, 11) is 1.33. The summed E-state index contributed by atoms with van der Waals surface area (Å²) in [4.78, 5) is 11.2. The summed E-state index contributed by atoms with van der Waals surface area (Å²) in [6.07, 6.45) is 0.178. The molecular weight excluding hydrogens is 209 g/mol. The molecule has 3 nitrogen and oxygen atoms in total. The lowest BCUT2D eigenvalue weighted by atomic mass is 9.92. The topological polar surface area (TPSA) is 52.3 Å². The van der Waals surface area contributed by atoms with Gasteiger partial charge in [-0.15, -0.1) is 0 Å². The second kappa shape index (κ2) is 5.61. The van der Waals surface area contributed by atoms with Crippen molar-refractivity contribution >= 4 is 5.97 Å². The molecule has 0 saturated carbocycles. The molecule has 0 spiro atoms. The van der Waals surface area contributed by atoms with Gasteiger partial charge in [-0.2, -0.15) is 0 Å². The lowest BCUT2D eigenvalue weighted by Gasteiger charge is -2.16. The van der Waals surface area contributed by atoms with Gasteiger partial charge in [0.15, 0.2) is 0 Å². The van der Waals surface area contributed by atoms with Crippen LogP contribution in [0.4, 0.5) is 4.39 Å². The maximum Gasteiger partial charge on any atom is 0.306 e. The van der Waals surface area contributed by atoms with Gasteiger partial charge in [0.1, 0.15) is 5.82 Å². The molecule has 0 heterocycles. The summed E-state index contributed by atoms with van der Waals surface area (Å²) < 4.78 is 17.7. The third kappa shape index (κ3) is 3.03. The molecule has 1 aromatic rings. The Kier molecular flexibility index (Phi) is 4.43.